The number of nitrogens with zero attached hydrogens (tertiary/aromatic N) is 3. The highest BCUT2D eigenvalue weighted by Gasteiger charge is 2.24. The zero-order valence-corrected chi connectivity index (χ0v) is 21.4. The average Bonchev–Trinajstić information content (AvgIpc) is 3.61. The Morgan fingerprint density at radius 2 is 1.73 bits per heavy atom. The van der Waals surface area contributed by atoms with Crippen molar-refractivity contribution in [2.24, 2.45) is 0 Å². The number of carboxylic acid groups (broad SMARTS) is 1. The van der Waals surface area contributed by atoms with Gasteiger partial charge >= 0.3 is 5.97 Å². The Balaban J connectivity index is 1.28. The molecule has 0 spiro atoms. The smallest absolute Gasteiger partial charge is 0.326 e. The molecule has 0 fully saturated rings. The Bertz CT molecular complexity index is 1710. The molecule has 0 saturated carbocycles. The van der Waals surface area contributed by atoms with Crippen LogP contribution in [0.2, 0.25) is 0 Å². The lowest BCUT2D eigenvalue weighted by molar-refractivity contribution is -0.139. The van der Waals surface area contributed by atoms with E-state index in [0.29, 0.717) is 28.1 Å². The number of aromatic amines is 1. The molecular formula is C29H23F2N5O4. The van der Waals surface area contributed by atoms with E-state index >= 15 is 4.39 Å². The fraction of sp³-hybridized carbons (Fsp3) is 0.138. The lowest BCUT2D eigenvalue weighted by Crippen LogP contribution is -2.42. The second-order valence-electron chi connectivity index (χ2n) is 9.27. The van der Waals surface area contributed by atoms with Gasteiger partial charge in [0, 0.05) is 23.7 Å². The molecule has 5 rings (SSSR count). The van der Waals surface area contributed by atoms with Crippen LogP contribution >= 0.6 is 0 Å². The van der Waals surface area contributed by atoms with E-state index in [2.05, 4.69) is 25.4 Å². The van der Waals surface area contributed by atoms with Crippen molar-refractivity contribution in [1.82, 2.24) is 25.4 Å². The summed E-state index contributed by atoms with van der Waals surface area (Å²) in [5.74, 6) is -2.46. The number of aliphatic carboxylic acids is 1. The van der Waals surface area contributed by atoms with Gasteiger partial charge < -0.3 is 19.9 Å². The standard InChI is InChI=1S/C29H23F2N5O4/c1-15-3-6-18(7-4-15)28-35-26(36-40-28)20-9-5-17(12-22(20)31)13-23(29(38)39)34-27(37)24-14-32-25(33-24)19-8-10-21(30)16(2)11-19/h3-12,14,23H,13H2,1-2H3,(H,32,33)(H,34,37)(H,38,39). The summed E-state index contributed by atoms with van der Waals surface area (Å²) < 4.78 is 33.8. The molecule has 2 heterocycles. The number of halogens is 2. The number of nitrogens with one attached hydrogen (secondary N) is 2. The second kappa shape index (κ2) is 10.9. The Morgan fingerprint density at radius 1 is 0.975 bits per heavy atom. The number of carbonyl (C=O) groups excluding carboxylic acids is 1. The van der Waals surface area contributed by atoms with Crippen LogP contribution in [0.5, 0.6) is 0 Å². The van der Waals surface area contributed by atoms with Gasteiger partial charge in [-0.25, -0.2) is 18.6 Å². The van der Waals surface area contributed by atoms with Gasteiger partial charge in [0.05, 0.1) is 5.56 Å². The number of hydrogen-bond acceptors (Lipinski definition) is 6. The maximum atomic E-state index is 15.0. The van der Waals surface area contributed by atoms with Crippen LogP contribution in [0.15, 0.2) is 71.4 Å². The van der Waals surface area contributed by atoms with Crippen molar-refractivity contribution in [3.63, 3.8) is 0 Å². The summed E-state index contributed by atoms with van der Waals surface area (Å²) in [6.45, 7) is 3.55. The largest absolute Gasteiger partial charge is 0.480 e. The van der Waals surface area contributed by atoms with Crippen LogP contribution in [0.3, 0.4) is 0 Å². The number of aryl methyl sites for hydroxylation is 2. The number of amides is 1. The normalized spacial score (nSPS) is 11.8. The number of carbonyl (C=O) groups is 2. The van der Waals surface area contributed by atoms with Gasteiger partial charge in [0.15, 0.2) is 0 Å². The lowest BCUT2D eigenvalue weighted by atomic mass is 10.0. The Labute approximate surface area is 226 Å². The molecular weight excluding hydrogens is 520 g/mol. The molecule has 0 aliphatic heterocycles. The predicted molar refractivity (Wildman–Crippen MR) is 141 cm³/mol. The fourth-order valence-corrected chi connectivity index (χ4v) is 4.06. The van der Waals surface area contributed by atoms with Crippen LogP contribution < -0.4 is 5.32 Å². The number of benzene rings is 3. The number of imidazole rings is 1. The topological polar surface area (TPSA) is 134 Å². The van der Waals surface area contributed by atoms with E-state index in [4.69, 9.17) is 4.52 Å². The van der Waals surface area contributed by atoms with Crippen LogP contribution in [0, 0.1) is 25.5 Å². The van der Waals surface area contributed by atoms with Gasteiger partial charge in [-0.2, -0.15) is 4.98 Å². The summed E-state index contributed by atoms with van der Waals surface area (Å²) in [7, 11) is 0. The van der Waals surface area contributed by atoms with Crippen LogP contribution in [0.1, 0.15) is 27.2 Å². The number of H-pyrrole nitrogens is 1. The van der Waals surface area contributed by atoms with Gasteiger partial charge in [0.2, 0.25) is 5.82 Å². The van der Waals surface area contributed by atoms with Crippen LogP contribution in [0.4, 0.5) is 8.78 Å². The van der Waals surface area contributed by atoms with Gasteiger partial charge in [-0.15, -0.1) is 0 Å². The quantitative estimate of drug-likeness (QED) is 0.247. The minimum atomic E-state index is -1.36. The third-order valence-electron chi connectivity index (χ3n) is 6.28. The van der Waals surface area contributed by atoms with E-state index in [-0.39, 0.29) is 35.2 Å². The first kappa shape index (κ1) is 26.4. The molecule has 0 aliphatic carbocycles. The van der Waals surface area contributed by atoms with Gasteiger partial charge in [-0.05, 0) is 67.4 Å². The zero-order valence-electron chi connectivity index (χ0n) is 21.4. The monoisotopic (exact) mass is 543 g/mol. The van der Waals surface area contributed by atoms with Crippen molar-refractivity contribution < 1.29 is 28.0 Å². The zero-order chi connectivity index (χ0) is 28.4. The van der Waals surface area contributed by atoms with Crippen LogP contribution in [0.25, 0.3) is 34.2 Å². The highest BCUT2D eigenvalue weighted by molar-refractivity contribution is 5.95. The molecule has 202 valence electrons. The fourth-order valence-electron chi connectivity index (χ4n) is 4.06. The molecule has 11 heteroatoms. The summed E-state index contributed by atoms with van der Waals surface area (Å²) in [5.41, 5.74) is 3.10. The summed E-state index contributed by atoms with van der Waals surface area (Å²) in [6, 6.07) is 14.6. The first-order chi connectivity index (χ1) is 19.2. The molecule has 2 aromatic heterocycles. The highest BCUT2D eigenvalue weighted by atomic mass is 19.1. The van der Waals surface area contributed by atoms with Crippen molar-refractivity contribution >= 4 is 11.9 Å². The molecule has 9 nitrogen and oxygen atoms in total. The molecule has 1 atom stereocenters. The van der Waals surface area contributed by atoms with Gasteiger partial charge in [-0.3, -0.25) is 4.79 Å². The van der Waals surface area contributed by atoms with Crippen LogP contribution in [-0.2, 0) is 11.2 Å². The van der Waals surface area contributed by atoms with E-state index in [9.17, 15) is 19.1 Å². The van der Waals surface area contributed by atoms with Gasteiger partial charge in [-0.1, -0.05) is 28.9 Å². The highest BCUT2D eigenvalue weighted by Crippen LogP contribution is 2.26. The Morgan fingerprint density at radius 3 is 2.42 bits per heavy atom. The summed E-state index contributed by atoms with van der Waals surface area (Å²) in [4.78, 5) is 35.9. The van der Waals surface area contributed by atoms with Crippen molar-refractivity contribution in [2.75, 3.05) is 0 Å². The maximum Gasteiger partial charge on any atom is 0.326 e. The summed E-state index contributed by atoms with van der Waals surface area (Å²) in [6.07, 6.45) is 1.14. The summed E-state index contributed by atoms with van der Waals surface area (Å²) >= 11 is 0. The van der Waals surface area contributed by atoms with Gasteiger partial charge in [0.25, 0.3) is 11.8 Å². The lowest BCUT2D eigenvalue weighted by Gasteiger charge is -2.14. The number of carboxylic acids is 1. The Kier molecular flexibility index (Phi) is 7.19. The van der Waals surface area contributed by atoms with Crippen molar-refractivity contribution in [3.05, 3.63) is 101 Å². The molecule has 0 saturated heterocycles. The predicted octanol–water partition coefficient (Wildman–Crippen LogP) is 5.11. The van der Waals surface area contributed by atoms with E-state index in [0.717, 1.165) is 5.56 Å². The van der Waals surface area contributed by atoms with Gasteiger partial charge in [0.1, 0.15) is 29.2 Å². The molecule has 1 unspecified atom stereocenters. The molecule has 40 heavy (non-hydrogen) atoms. The van der Waals surface area contributed by atoms with E-state index in [1.807, 2.05) is 31.2 Å². The maximum absolute atomic E-state index is 15.0. The number of hydrogen-bond donors (Lipinski definition) is 3. The Hall–Kier alpha value is -5.19. The third kappa shape index (κ3) is 5.63. The van der Waals surface area contributed by atoms with E-state index < -0.39 is 23.7 Å². The van der Waals surface area contributed by atoms with Crippen LogP contribution in [-0.4, -0.2) is 43.1 Å². The first-order valence-electron chi connectivity index (χ1n) is 12.2. The average molecular weight is 544 g/mol. The molecule has 5 aromatic rings. The SMILES string of the molecule is Cc1ccc(-c2nc(-c3ccc(CC(NC(=O)c4c[nH]c(-c5ccc(F)c(C)c5)n4)C(=O)O)cc3F)no2)cc1. The number of rotatable bonds is 8. The summed E-state index contributed by atoms with van der Waals surface area (Å²) in [5, 5.41) is 16.0. The minimum absolute atomic E-state index is 0.0494. The minimum Gasteiger partial charge on any atom is -0.480 e. The van der Waals surface area contributed by atoms with E-state index in [1.54, 1.807) is 13.0 Å². The van der Waals surface area contributed by atoms with Crippen molar-refractivity contribution in [3.8, 4) is 34.2 Å². The van der Waals surface area contributed by atoms with E-state index in [1.165, 1.54) is 36.5 Å². The molecule has 3 aromatic carbocycles. The first-order valence-corrected chi connectivity index (χ1v) is 12.2. The second-order valence-corrected chi connectivity index (χ2v) is 9.27. The molecule has 1 amide bonds. The van der Waals surface area contributed by atoms with Crippen molar-refractivity contribution in [2.45, 2.75) is 26.3 Å². The number of aromatic nitrogens is 4. The molecule has 0 aliphatic rings. The van der Waals surface area contributed by atoms with Crippen molar-refractivity contribution in [1.29, 1.82) is 0 Å². The third-order valence-corrected chi connectivity index (χ3v) is 6.28. The molecule has 0 bridgehead atoms. The molecule has 0 radical (unpaired) electrons. The molecule has 3 N–H and O–H groups in total.